The van der Waals surface area contributed by atoms with Crippen molar-refractivity contribution in [2.75, 3.05) is 6.54 Å². The van der Waals surface area contributed by atoms with E-state index >= 15 is 0 Å². The quantitative estimate of drug-likeness (QED) is 0.847. The Balaban J connectivity index is 2.45. The molecule has 0 aromatic heterocycles. The Labute approximate surface area is 114 Å². The van der Waals surface area contributed by atoms with Crippen LogP contribution >= 0.6 is 23.2 Å². The summed E-state index contributed by atoms with van der Waals surface area (Å²) in [6.07, 6.45) is 5.23. The zero-order valence-corrected chi connectivity index (χ0v) is 10.7. The first-order valence-corrected chi connectivity index (χ1v) is 5.83. The van der Waals surface area contributed by atoms with Crippen LogP contribution in [0.15, 0.2) is 23.2 Å². The fourth-order valence-corrected chi connectivity index (χ4v) is 2.33. The lowest BCUT2D eigenvalue weighted by molar-refractivity contribution is 0.213. The summed E-state index contributed by atoms with van der Waals surface area (Å²) in [7, 11) is 0. The maximum Gasteiger partial charge on any atom is 0.346 e. The number of halogens is 2. The summed E-state index contributed by atoms with van der Waals surface area (Å²) in [4.78, 5) is 16.7. The Morgan fingerprint density at radius 3 is 2.83 bits per heavy atom. The van der Waals surface area contributed by atoms with Gasteiger partial charge in [-0.2, -0.15) is 4.99 Å². The molecule has 0 fully saturated rings. The van der Waals surface area contributed by atoms with Gasteiger partial charge in [0.05, 0.1) is 6.54 Å². The second-order valence-electron chi connectivity index (χ2n) is 3.72. The number of nitrogens with two attached hydrogens (primary N) is 1. The Hall–Kier alpha value is -1.70. The van der Waals surface area contributed by atoms with Gasteiger partial charge in [0, 0.05) is 15.6 Å². The molecule has 92 valence electrons. The summed E-state index contributed by atoms with van der Waals surface area (Å²) in [5.41, 5.74) is 6.41. The molecule has 1 aromatic rings. The van der Waals surface area contributed by atoms with Gasteiger partial charge in [-0.1, -0.05) is 35.2 Å². The van der Waals surface area contributed by atoms with Crippen molar-refractivity contribution in [1.82, 2.24) is 4.90 Å². The molecule has 1 atom stereocenters. The van der Waals surface area contributed by atoms with Crippen molar-refractivity contribution in [1.29, 1.82) is 0 Å². The summed E-state index contributed by atoms with van der Waals surface area (Å²) < 4.78 is 0. The highest BCUT2D eigenvalue weighted by Crippen LogP contribution is 2.33. The summed E-state index contributed by atoms with van der Waals surface area (Å²) in [6.45, 7) is 0.118. The molecule has 0 bridgehead atoms. The van der Waals surface area contributed by atoms with Gasteiger partial charge in [-0.3, -0.25) is 4.90 Å². The van der Waals surface area contributed by atoms with E-state index < -0.39 is 12.1 Å². The van der Waals surface area contributed by atoms with E-state index in [4.69, 9.17) is 35.4 Å². The molecule has 2 N–H and O–H groups in total. The highest BCUT2D eigenvalue weighted by Gasteiger charge is 2.35. The van der Waals surface area contributed by atoms with Crippen LogP contribution in [-0.2, 0) is 0 Å². The minimum Gasteiger partial charge on any atom is -0.385 e. The Morgan fingerprint density at radius 1 is 1.50 bits per heavy atom. The van der Waals surface area contributed by atoms with E-state index in [1.165, 1.54) is 4.90 Å². The molecule has 18 heavy (non-hydrogen) atoms. The van der Waals surface area contributed by atoms with E-state index in [1.807, 2.05) is 0 Å². The predicted molar refractivity (Wildman–Crippen MR) is 71.8 cm³/mol. The van der Waals surface area contributed by atoms with Crippen molar-refractivity contribution in [3.63, 3.8) is 0 Å². The number of carbonyl (C=O) groups excluding carboxylic acids is 1. The molecular weight excluding hydrogens is 273 g/mol. The Bertz CT molecular complexity index is 577. The third-order valence-corrected chi connectivity index (χ3v) is 3.14. The topological polar surface area (TPSA) is 58.7 Å². The number of hydrogen-bond acceptors (Lipinski definition) is 2. The monoisotopic (exact) mass is 281 g/mol. The molecule has 1 unspecified atom stereocenters. The number of urea groups is 1. The fourth-order valence-electron chi connectivity index (χ4n) is 1.81. The van der Waals surface area contributed by atoms with Crippen LogP contribution in [0.25, 0.3) is 0 Å². The molecule has 1 aliphatic rings. The molecule has 2 amide bonds. The van der Waals surface area contributed by atoms with Crippen LogP contribution < -0.4 is 5.73 Å². The highest BCUT2D eigenvalue weighted by molar-refractivity contribution is 6.35. The van der Waals surface area contributed by atoms with Crippen molar-refractivity contribution in [2.45, 2.75) is 6.04 Å². The first-order valence-electron chi connectivity index (χ1n) is 5.07. The third kappa shape index (κ3) is 2.15. The number of rotatable bonds is 2. The number of amides is 2. The molecule has 0 saturated carbocycles. The number of carbonyl (C=O) groups is 1. The number of amidine groups is 1. The molecule has 0 spiro atoms. The van der Waals surface area contributed by atoms with E-state index in [0.29, 0.717) is 15.6 Å². The molecule has 6 heteroatoms. The first kappa shape index (κ1) is 12.7. The predicted octanol–water partition coefficient (Wildman–Crippen LogP) is 2.46. The van der Waals surface area contributed by atoms with Crippen molar-refractivity contribution in [3.05, 3.63) is 33.8 Å². The molecule has 0 aliphatic carbocycles. The molecular formula is C12H9Cl2N3O. The van der Waals surface area contributed by atoms with Gasteiger partial charge in [0.1, 0.15) is 11.9 Å². The van der Waals surface area contributed by atoms with Crippen molar-refractivity contribution >= 4 is 35.1 Å². The van der Waals surface area contributed by atoms with E-state index in [9.17, 15) is 4.79 Å². The van der Waals surface area contributed by atoms with Gasteiger partial charge in [0.25, 0.3) is 0 Å². The molecule has 1 aromatic carbocycles. The van der Waals surface area contributed by atoms with Crippen molar-refractivity contribution < 1.29 is 4.79 Å². The standard InChI is InChI=1S/C12H9Cl2N3O/c1-2-5-17-10(11(15)16-12(17)18)8-4-3-7(13)6-9(8)14/h1,3-4,6,10H,5H2,(H2,15,16,18). The van der Waals surface area contributed by atoms with E-state index in [0.717, 1.165) is 0 Å². The molecule has 0 radical (unpaired) electrons. The zero-order valence-electron chi connectivity index (χ0n) is 9.23. The normalized spacial score (nSPS) is 18.7. The van der Waals surface area contributed by atoms with Crippen LogP contribution in [0, 0.1) is 12.3 Å². The van der Waals surface area contributed by atoms with Crippen LogP contribution in [0.2, 0.25) is 10.0 Å². The lowest BCUT2D eigenvalue weighted by Crippen LogP contribution is -2.33. The lowest BCUT2D eigenvalue weighted by atomic mass is 10.1. The van der Waals surface area contributed by atoms with Crippen LogP contribution in [0.5, 0.6) is 0 Å². The fraction of sp³-hybridized carbons (Fsp3) is 0.167. The average Bonchev–Trinajstić information content (AvgIpc) is 2.56. The minimum atomic E-state index is -0.529. The van der Waals surface area contributed by atoms with Crippen molar-refractivity contribution in [2.24, 2.45) is 10.7 Å². The summed E-state index contributed by atoms with van der Waals surface area (Å²) in [5.74, 6) is 2.58. The van der Waals surface area contributed by atoms with Gasteiger partial charge in [-0.05, 0) is 12.1 Å². The zero-order chi connectivity index (χ0) is 13.3. The Morgan fingerprint density at radius 2 is 2.22 bits per heavy atom. The van der Waals surface area contributed by atoms with Gasteiger partial charge in [-0.15, -0.1) is 6.42 Å². The first-order chi connectivity index (χ1) is 8.54. The molecule has 1 aliphatic heterocycles. The van der Waals surface area contributed by atoms with Gasteiger partial charge >= 0.3 is 6.03 Å². The largest absolute Gasteiger partial charge is 0.385 e. The smallest absolute Gasteiger partial charge is 0.346 e. The number of hydrogen-bond donors (Lipinski definition) is 1. The lowest BCUT2D eigenvalue weighted by Gasteiger charge is -2.23. The Kier molecular flexibility index (Phi) is 3.46. The third-order valence-electron chi connectivity index (χ3n) is 2.58. The summed E-state index contributed by atoms with van der Waals surface area (Å²) >= 11 is 11.9. The van der Waals surface area contributed by atoms with E-state index in [2.05, 4.69) is 10.9 Å². The number of terminal acetylenes is 1. The molecule has 2 rings (SSSR count). The average molecular weight is 282 g/mol. The molecule has 4 nitrogen and oxygen atoms in total. The van der Waals surface area contributed by atoms with Gasteiger partial charge in [0.15, 0.2) is 0 Å². The molecule has 1 heterocycles. The van der Waals surface area contributed by atoms with Gasteiger partial charge < -0.3 is 5.73 Å². The number of nitrogens with zero attached hydrogens (tertiary/aromatic N) is 2. The van der Waals surface area contributed by atoms with Crippen LogP contribution in [-0.4, -0.2) is 23.3 Å². The SMILES string of the molecule is C#CCN1C(=O)N=C(N)C1c1ccc(Cl)cc1Cl. The minimum absolute atomic E-state index is 0.118. The maximum absolute atomic E-state index is 11.6. The van der Waals surface area contributed by atoms with Crippen LogP contribution in [0.4, 0.5) is 4.79 Å². The maximum atomic E-state index is 11.6. The highest BCUT2D eigenvalue weighted by atomic mass is 35.5. The van der Waals surface area contributed by atoms with E-state index in [-0.39, 0.29) is 12.4 Å². The van der Waals surface area contributed by atoms with Crippen LogP contribution in [0.1, 0.15) is 11.6 Å². The van der Waals surface area contributed by atoms with Crippen molar-refractivity contribution in [3.8, 4) is 12.3 Å². The summed E-state index contributed by atoms with van der Waals surface area (Å²) in [5, 5.41) is 0.925. The number of benzene rings is 1. The van der Waals surface area contributed by atoms with Gasteiger partial charge in [0.2, 0.25) is 0 Å². The second kappa shape index (κ2) is 4.89. The van der Waals surface area contributed by atoms with Gasteiger partial charge in [-0.25, -0.2) is 4.79 Å². The number of aliphatic imine (C=N–C) groups is 1. The molecule has 0 saturated heterocycles. The second-order valence-corrected chi connectivity index (χ2v) is 4.56. The van der Waals surface area contributed by atoms with Crippen LogP contribution in [0.3, 0.4) is 0 Å². The summed E-state index contributed by atoms with van der Waals surface area (Å²) in [6, 6.07) is 3.98. The van der Waals surface area contributed by atoms with E-state index in [1.54, 1.807) is 18.2 Å².